The zero-order valence-electron chi connectivity index (χ0n) is 13.7. The number of ketones is 1. The summed E-state index contributed by atoms with van der Waals surface area (Å²) in [4.78, 5) is 11.5. The third kappa shape index (κ3) is 5.70. The number of nitrogens with one attached hydrogen (secondary N) is 1. The van der Waals surface area contributed by atoms with Gasteiger partial charge in [0.15, 0.2) is 5.78 Å². The van der Waals surface area contributed by atoms with E-state index >= 15 is 0 Å². The number of Topliss-reactive ketones (excluding diaryl/α,β-unsaturated/α-hetero) is 1. The lowest BCUT2D eigenvalue weighted by atomic mass is 9.88. The van der Waals surface area contributed by atoms with Crippen molar-refractivity contribution in [2.45, 2.75) is 57.1 Å². The summed E-state index contributed by atoms with van der Waals surface area (Å²) in [5.41, 5.74) is 0. The Bertz CT molecular complexity index is 545. The Balaban J connectivity index is 1.87. The molecule has 6 heteroatoms. The molecule has 0 heterocycles. The van der Waals surface area contributed by atoms with Crippen molar-refractivity contribution in [1.29, 1.82) is 0 Å². The summed E-state index contributed by atoms with van der Waals surface area (Å²) in [7, 11) is 0. The molecule has 4 nitrogen and oxygen atoms in total. The van der Waals surface area contributed by atoms with E-state index in [9.17, 15) is 9.18 Å². The normalized spacial score (nSPS) is 21.7. The van der Waals surface area contributed by atoms with Crippen LogP contribution in [0.3, 0.4) is 0 Å². The zero-order valence-corrected chi connectivity index (χ0v) is 14.6. The predicted molar refractivity (Wildman–Crippen MR) is 91.1 cm³/mol. The van der Waals surface area contributed by atoms with Crippen molar-refractivity contribution in [1.82, 2.24) is 5.32 Å². The van der Waals surface area contributed by atoms with Crippen molar-refractivity contribution in [3.05, 3.63) is 24.0 Å². The van der Waals surface area contributed by atoms with Crippen LogP contribution >= 0.6 is 12.6 Å². The maximum Gasteiger partial charge on any atom is 0.182 e. The minimum absolute atomic E-state index is 0.0833. The molecule has 1 saturated carbocycles. The number of benzene rings is 1. The van der Waals surface area contributed by atoms with Gasteiger partial charge in [-0.15, -0.1) is 0 Å². The van der Waals surface area contributed by atoms with E-state index in [0.717, 1.165) is 12.8 Å². The molecule has 1 aromatic carbocycles. The van der Waals surface area contributed by atoms with Crippen LogP contribution < -0.4 is 14.8 Å². The van der Waals surface area contributed by atoms with E-state index in [-0.39, 0.29) is 18.5 Å². The minimum Gasteiger partial charge on any atom is -0.490 e. The lowest BCUT2D eigenvalue weighted by Crippen LogP contribution is -2.49. The van der Waals surface area contributed by atoms with E-state index in [1.165, 1.54) is 12.1 Å². The van der Waals surface area contributed by atoms with Crippen molar-refractivity contribution in [3.63, 3.8) is 0 Å². The molecule has 128 valence electrons. The number of carbonyl (C=O) groups is 1. The van der Waals surface area contributed by atoms with E-state index in [2.05, 4.69) is 31.8 Å². The largest absolute Gasteiger partial charge is 0.490 e. The van der Waals surface area contributed by atoms with E-state index in [1.54, 1.807) is 13.0 Å². The molecule has 0 radical (unpaired) electrons. The summed E-state index contributed by atoms with van der Waals surface area (Å²) in [5, 5.41) is 3.03. The Morgan fingerprint density at radius 2 is 1.96 bits per heavy atom. The molecule has 0 aromatic heterocycles. The maximum absolute atomic E-state index is 13.7. The minimum atomic E-state index is -0.444. The molecule has 0 amide bonds. The summed E-state index contributed by atoms with van der Waals surface area (Å²) in [5.74, 6) is 0.125. The van der Waals surface area contributed by atoms with Gasteiger partial charge in [-0.2, -0.15) is 12.6 Å². The fourth-order valence-corrected chi connectivity index (χ4v) is 2.50. The second-order valence-electron chi connectivity index (χ2n) is 6.28. The lowest BCUT2D eigenvalue weighted by molar-refractivity contribution is -0.120. The fraction of sp³-hybridized carbons (Fsp3) is 0.588. The first-order chi connectivity index (χ1) is 10.8. The van der Waals surface area contributed by atoms with Crippen LogP contribution in [0, 0.1) is 5.82 Å². The number of halogens is 1. The van der Waals surface area contributed by atoms with Gasteiger partial charge in [-0.3, -0.25) is 4.79 Å². The van der Waals surface area contributed by atoms with Crippen LogP contribution in [0.5, 0.6) is 11.5 Å². The van der Waals surface area contributed by atoms with Gasteiger partial charge >= 0.3 is 0 Å². The number of ether oxygens (including phenoxy) is 2. The highest BCUT2D eigenvalue weighted by Gasteiger charge is 2.31. The summed E-state index contributed by atoms with van der Waals surface area (Å²) >= 11 is 4.04. The van der Waals surface area contributed by atoms with Crippen molar-refractivity contribution in [2.24, 2.45) is 0 Å². The molecule has 0 saturated heterocycles. The molecule has 1 aliphatic carbocycles. The number of thiol groups is 1. The van der Waals surface area contributed by atoms with Crippen LogP contribution in [0.2, 0.25) is 0 Å². The van der Waals surface area contributed by atoms with Crippen LogP contribution in [0.25, 0.3) is 0 Å². The predicted octanol–water partition coefficient (Wildman–Crippen LogP) is 3.00. The summed E-state index contributed by atoms with van der Waals surface area (Å²) in [6.07, 6.45) is 1.89. The monoisotopic (exact) mass is 341 g/mol. The highest BCUT2D eigenvalue weighted by Crippen LogP contribution is 2.29. The van der Waals surface area contributed by atoms with Gasteiger partial charge in [-0.25, -0.2) is 4.39 Å². The lowest BCUT2D eigenvalue weighted by Gasteiger charge is -2.37. The molecular weight excluding hydrogens is 317 g/mol. The standard InChI is InChI=1S/C17H24FNO3S/c1-10(2)19-13-6-16(7-13)22-15-5-12(18)4-14(8-15)21-9-17(20)11(3)23/h4-5,8,10-11,13,16,19,23H,6-7,9H2,1-3H3. The quantitative estimate of drug-likeness (QED) is 0.714. The van der Waals surface area contributed by atoms with Gasteiger partial charge in [0.1, 0.15) is 30.0 Å². The molecule has 1 aromatic rings. The van der Waals surface area contributed by atoms with Gasteiger partial charge in [-0.1, -0.05) is 13.8 Å². The molecule has 1 N–H and O–H groups in total. The van der Waals surface area contributed by atoms with Gasteiger partial charge in [0, 0.05) is 30.3 Å². The molecule has 0 aliphatic heterocycles. The molecule has 1 aliphatic rings. The Morgan fingerprint density at radius 3 is 2.57 bits per heavy atom. The molecule has 1 fully saturated rings. The Morgan fingerprint density at radius 1 is 1.30 bits per heavy atom. The molecule has 2 rings (SSSR count). The van der Waals surface area contributed by atoms with Gasteiger partial charge in [0.2, 0.25) is 0 Å². The summed E-state index contributed by atoms with van der Waals surface area (Å²) in [6.45, 7) is 5.76. The van der Waals surface area contributed by atoms with Crippen molar-refractivity contribution >= 4 is 18.4 Å². The maximum atomic E-state index is 13.7. The average Bonchev–Trinajstić information content (AvgIpc) is 2.41. The van der Waals surface area contributed by atoms with Crippen molar-refractivity contribution in [3.8, 4) is 11.5 Å². The van der Waals surface area contributed by atoms with E-state index in [4.69, 9.17) is 9.47 Å². The first kappa shape index (κ1) is 18.1. The Kier molecular flexibility index (Phi) is 6.30. The molecule has 1 atom stereocenters. The highest BCUT2D eigenvalue weighted by molar-refractivity contribution is 7.81. The molecule has 23 heavy (non-hydrogen) atoms. The molecular formula is C17H24FNO3S. The number of hydrogen-bond acceptors (Lipinski definition) is 5. The van der Waals surface area contributed by atoms with E-state index in [0.29, 0.717) is 23.6 Å². The van der Waals surface area contributed by atoms with Crippen molar-refractivity contribution in [2.75, 3.05) is 6.61 Å². The van der Waals surface area contributed by atoms with Crippen LogP contribution in [-0.2, 0) is 4.79 Å². The van der Waals surface area contributed by atoms with Crippen LogP contribution in [-0.4, -0.2) is 35.8 Å². The van der Waals surface area contributed by atoms with E-state index < -0.39 is 11.1 Å². The average molecular weight is 341 g/mol. The summed E-state index contributed by atoms with van der Waals surface area (Å²) < 4.78 is 24.8. The van der Waals surface area contributed by atoms with Gasteiger partial charge in [-0.05, 0) is 19.8 Å². The number of carbonyl (C=O) groups excluding carboxylic acids is 1. The van der Waals surface area contributed by atoms with Gasteiger partial charge in [0.05, 0.1) is 5.25 Å². The Labute approximate surface area is 142 Å². The molecule has 0 spiro atoms. The second-order valence-corrected chi connectivity index (χ2v) is 7.06. The van der Waals surface area contributed by atoms with E-state index in [1.807, 2.05) is 0 Å². The fourth-order valence-electron chi connectivity index (χ4n) is 2.43. The third-order valence-corrected chi connectivity index (χ3v) is 3.95. The summed E-state index contributed by atoms with van der Waals surface area (Å²) in [6, 6.07) is 5.09. The molecule has 1 unspecified atom stereocenters. The number of rotatable bonds is 8. The second kappa shape index (κ2) is 8.02. The zero-order chi connectivity index (χ0) is 17.0. The number of hydrogen-bond donors (Lipinski definition) is 2. The van der Waals surface area contributed by atoms with Crippen molar-refractivity contribution < 1.29 is 18.7 Å². The van der Waals surface area contributed by atoms with Gasteiger partial charge in [0.25, 0.3) is 0 Å². The topological polar surface area (TPSA) is 47.6 Å². The first-order valence-corrected chi connectivity index (χ1v) is 8.42. The highest BCUT2D eigenvalue weighted by atomic mass is 32.1. The molecule has 0 bridgehead atoms. The smallest absolute Gasteiger partial charge is 0.182 e. The van der Waals surface area contributed by atoms with Gasteiger partial charge < -0.3 is 14.8 Å². The first-order valence-electron chi connectivity index (χ1n) is 7.90. The van der Waals surface area contributed by atoms with Crippen LogP contribution in [0.4, 0.5) is 4.39 Å². The SMILES string of the molecule is CC(C)NC1CC(Oc2cc(F)cc(OCC(=O)C(C)S)c2)C1. The van der Waals surface area contributed by atoms with Crippen LogP contribution in [0.15, 0.2) is 18.2 Å². The Hall–Kier alpha value is -1.27. The third-order valence-electron chi connectivity index (χ3n) is 3.66. The van der Waals surface area contributed by atoms with Crippen LogP contribution in [0.1, 0.15) is 33.6 Å².